The molecule has 0 saturated carbocycles. The minimum Gasteiger partial charge on any atom is -0.323 e. The van der Waals surface area contributed by atoms with Gasteiger partial charge in [-0.05, 0) is 61.0 Å². The van der Waals surface area contributed by atoms with Crippen molar-refractivity contribution >= 4 is 46.6 Å². The van der Waals surface area contributed by atoms with Crippen LogP contribution in [0.2, 0.25) is 5.02 Å². The van der Waals surface area contributed by atoms with Gasteiger partial charge in [-0.2, -0.15) is 0 Å². The van der Waals surface area contributed by atoms with Crippen molar-refractivity contribution in [3.05, 3.63) is 125 Å². The van der Waals surface area contributed by atoms with E-state index in [4.69, 9.17) is 11.6 Å². The van der Waals surface area contributed by atoms with Gasteiger partial charge in [0.15, 0.2) is 0 Å². The average Bonchev–Trinajstić information content (AvgIpc) is 2.85. The monoisotopic (exact) mass is 486 g/mol. The molecule has 2 amide bonds. The molecule has 0 heterocycles. The van der Waals surface area contributed by atoms with Gasteiger partial charge >= 0.3 is 0 Å². The van der Waals surface area contributed by atoms with Crippen molar-refractivity contribution in [1.29, 1.82) is 0 Å². The lowest BCUT2D eigenvalue weighted by Gasteiger charge is -2.18. The topological polar surface area (TPSA) is 58.2 Å². The van der Waals surface area contributed by atoms with Gasteiger partial charge in [-0.25, -0.2) is 0 Å². The van der Waals surface area contributed by atoms with Gasteiger partial charge < -0.3 is 10.6 Å². The van der Waals surface area contributed by atoms with Crippen LogP contribution in [0.1, 0.15) is 26.7 Å². The molecule has 0 aromatic heterocycles. The largest absolute Gasteiger partial charge is 0.323 e. The number of hydrogen-bond acceptors (Lipinski definition) is 3. The number of aryl methyl sites for hydroxylation is 1. The predicted octanol–water partition coefficient (Wildman–Crippen LogP) is 7.37. The molecular weight excluding hydrogens is 464 g/mol. The second kappa shape index (κ2) is 11.1. The molecule has 0 aliphatic heterocycles. The number of thioether (sulfide) groups is 1. The molecule has 4 rings (SSSR count). The van der Waals surface area contributed by atoms with Crippen LogP contribution < -0.4 is 10.6 Å². The van der Waals surface area contributed by atoms with E-state index >= 15 is 0 Å². The Labute approximate surface area is 208 Å². The minimum atomic E-state index is -0.481. The number of carbonyl (C=O) groups excluding carboxylic acids is 2. The number of para-hydroxylation sites is 1. The number of amides is 2. The van der Waals surface area contributed by atoms with E-state index in [0.29, 0.717) is 22.0 Å². The van der Waals surface area contributed by atoms with Gasteiger partial charge in [0.1, 0.15) is 5.25 Å². The Morgan fingerprint density at radius 1 is 0.794 bits per heavy atom. The molecule has 1 unspecified atom stereocenters. The maximum atomic E-state index is 13.2. The molecule has 170 valence electrons. The molecular formula is C28H23ClN2O2S. The summed E-state index contributed by atoms with van der Waals surface area (Å²) in [4.78, 5) is 26.6. The van der Waals surface area contributed by atoms with Crippen LogP contribution in [0.3, 0.4) is 0 Å². The van der Waals surface area contributed by atoms with Crippen molar-refractivity contribution in [2.24, 2.45) is 0 Å². The third-order valence-corrected chi connectivity index (χ3v) is 6.71. The highest BCUT2D eigenvalue weighted by molar-refractivity contribution is 8.00. The van der Waals surface area contributed by atoms with Gasteiger partial charge in [-0.1, -0.05) is 71.8 Å². The van der Waals surface area contributed by atoms with Crippen LogP contribution in [0, 0.1) is 6.92 Å². The van der Waals surface area contributed by atoms with Crippen LogP contribution in [-0.2, 0) is 4.79 Å². The Morgan fingerprint density at radius 2 is 1.50 bits per heavy atom. The van der Waals surface area contributed by atoms with Crippen molar-refractivity contribution in [3.8, 4) is 0 Å². The van der Waals surface area contributed by atoms with Crippen LogP contribution in [0.4, 0.5) is 11.4 Å². The fourth-order valence-electron chi connectivity index (χ4n) is 3.40. The SMILES string of the molecule is Cc1cccc(C(=O)Nc2ccc(SC(C(=O)Nc3ccccc3Cl)c3ccccc3)cc2)c1. The number of rotatable bonds is 7. The van der Waals surface area contributed by atoms with Crippen molar-refractivity contribution in [2.75, 3.05) is 10.6 Å². The molecule has 6 heteroatoms. The van der Waals surface area contributed by atoms with Crippen molar-refractivity contribution in [3.63, 3.8) is 0 Å². The Balaban J connectivity index is 1.49. The molecule has 1 atom stereocenters. The Morgan fingerprint density at radius 3 is 2.21 bits per heavy atom. The van der Waals surface area contributed by atoms with Gasteiger partial charge in [0.2, 0.25) is 5.91 Å². The van der Waals surface area contributed by atoms with Crippen LogP contribution in [0.15, 0.2) is 108 Å². The normalized spacial score (nSPS) is 11.5. The zero-order chi connectivity index (χ0) is 23.9. The lowest BCUT2D eigenvalue weighted by molar-refractivity contribution is -0.115. The molecule has 4 aromatic carbocycles. The minimum absolute atomic E-state index is 0.162. The Kier molecular flexibility index (Phi) is 7.68. The second-order valence-corrected chi connectivity index (χ2v) is 9.31. The summed E-state index contributed by atoms with van der Waals surface area (Å²) < 4.78 is 0. The van der Waals surface area contributed by atoms with E-state index in [1.807, 2.05) is 91.9 Å². The summed E-state index contributed by atoms with van der Waals surface area (Å²) in [5.41, 5.74) is 3.78. The number of hydrogen-bond donors (Lipinski definition) is 2. The average molecular weight is 487 g/mol. The fourth-order valence-corrected chi connectivity index (χ4v) is 4.61. The summed E-state index contributed by atoms with van der Waals surface area (Å²) in [6.07, 6.45) is 0. The van der Waals surface area contributed by atoms with Crippen LogP contribution in [-0.4, -0.2) is 11.8 Å². The highest BCUT2D eigenvalue weighted by atomic mass is 35.5. The highest BCUT2D eigenvalue weighted by Crippen LogP contribution is 2.37. The van der Waals surface area contributed by atoms with E-state index in [9.17, 15) is 9.59 Å². The maximum absolute atomic E-state index is 13.2. The zero-order valence-electron chi connectivity index (χ0n) is 18.5. The molecule has 0 fully saturated rings. The van der Waals surface area contributed by atoms with E-state index in [0.717, 1.165) is 16.0 Å². The van der Waals surface area contributed by atoms with E-state index in [1.54, 1.807) is 18.2 Å². The molecule has 0 spiro atoms. The molecule has 0 saturated heterocycles. The van der Waals surface area contributed by atoms with Gasteiger partial charge in [-0.15, -0.1) is 11.8 Å². The highest BCUT2D eigenvalue weighted by Gasteiger charge is 2.23. The smallest absolute Gasteiger partial charge is 0.255 e. The quantitative estimate of drug-likeness (QED) is 0.268. The number of anilines is 2. The standard InChI is InChI=1S/C28H23ClN2O2S/c1-19-8-7-11-21(18-19)27(32)30-22-14-16-23(17-15-22)34-26(20-9-3-2-4-10-20)28(33)31-25-13-6-5-12-24(25)29/h2-18,26H,1H3,(H,30,32)(H,31,33). The molecule has 4 nitrogen and oxygen atoms in total. The lowest BCUT2D eigenvalue weighted by Crippen LogP contribution is -2.19. The molecule has 0 aliphatic rings. The summed E-state index contributed by atoms with van der Waals surface area (Å²) >= 11 is 7.67. The first-order chi connectivity index (χ1) is 16.5. The third-order valence-electron chi connectivity index (χ3n) is 5.12. The van der Waals surface area contributed by atoms with Gasteiger partial charge in [0.05, 0.1) is 10.7 Å². The molecule has 0 bridgehead atoms. The van der Waals surface area contributed by atoms with Crippen molar-refractivity contribution in [2.45, 2.75) is 17.1 Å². The Bertz CT molecular complexity index is 1290. The van der Waals surface area contributed by atoms with E-state index in [1.165, 1.54) is 11.8 Å². The zero-order valence-corrected chi connectivity index (χ0v) is 20.1. The first-order valence-corrected chi connectivity index (χ1v) is 12.0. The summed E-state index contributed by atoms with van der Waals surface area (Å²) in [6.45, 7) is 1.95. The first kappa shape index (κ1) is 23.6. The van der Waals surface area contributed by atoms with Crippen molar-refractivity contribution < 1.29 is 9.59 Å². The van der Waals surface area contributed by atoms with E-state index in [-0.39, 0.29) is 11.8 Å². The summed E-state index contributed by atoms with van der Waals surface area (Å²) in [5, 5.41) is 5.86. The van der Waals surface area contributed by atoms with Gasteiger partial charge in [0.25, 0.3) is 5.91 Å². The number of halogens is 1. The number of carbonyl (C=O) groups is 2. The predicted molar refractivity (Wildman–Crippen MR) is 141 cm³/mol. The molecule has 34 heavy (non-hydrogen) atoms. The first-order valence-electron chi connectivity index (χ1n) is 10.7. The van der Waals surface area contributed by atoms with Gasteiger partial charge in [-0.3, -0.25) is 9.59 Å². The maximum Gasteiger partial charge on any atom is 0.255 e. The number of nitrogens with one attached hydrogen (secondary N) is 2. The molecule has 0 radical (unpaired) electrons. The van der Waals surface area contributed by atoms with Crippen LogP contribution in [0.25, 0.3) is 0 Å². The van der Waals surface area contributed by atoms with Crippen molar-refractivity contribution in [1.82, 2.24) is 0 Å². The van der Waals surface area contributed by atoms with Crippen LogP contribution >= 0.6 is 23.4 Å². The molecule has 4 aromatic rings. The fraction of sp³-hybridized carbons (Fsp3) is 0.0714. The third kappa shape index (κ3) is 6.07. The lowest BCUT2D eigenvalue weighted by atomic mass is 10.1. The van der Waals surface area contributed by atoms with E-state index < -0.39 is 5.25 Å². The summed E-state index contributed by atoms with van der Waals surface area (Å²) in [5.74, 6) is -0.327. The number of benzene rings is 4. The second-order valence-electron chi connectivity index (χ2n) is 7.73. The van der Waals surface area contributed by atoms with Gasteiger partial charge in [0, 0.05) is 16.1 Å². The molecule has 2 N–H and O–H groups in total. The molecule has 0 aliphatic carbocycles. The van der Waals surface area contributed by atoms with E-state index in [2.05, 4.69) is 10.6 Å². The Hall–Kier alpha value is -3.54. The summed E-state index contributed by atoms with van der Waals surface area (Å²) in [6, 6.07) is 31.7. The van der Waals surface area contributed by atoms with Crippen LogP contribution in [0.5, 0.6) is 0 Å². The summed E-state index contributed by atoms with van der Waals surface area (Å²) in [7, 11) is 0.